The third-order valence-electron chi connectivity index (χ3n) is 2.61. The minimum absolute atomic E-state index is 0.114. The van der Waals surface area contributed by atoms with Crippen LogP contribution in [0.1, 0.15) is 21.9 Å². The van der Waals surface area contributed by atoms with Gasteiger partial charge in [-0.15, -0.1) is 0 Å². The molecule has 2 N–H and O–H groups in total. The van der Waals surface area contributed by atoms with Gasteiger partial charge >= 0.3 is 0 Å². The maximum Gasteiger partial charge on any atom is 0.273 e. The summed E-state index contributed by atoms with van der Waals surface area (Å²) in [4.78, 5) is 16.1. The molecular formula is C12H14N4O2. The molecule has 0 saturated heterocycles. The van der Waals surface area contributed by atoms with Gasteiger partial charge in [-0.2, -0.15) is 5.10 Å². The molecule has 1 amide bonds. The van der Waals surface area contributed by atoms with Crippen LogP contribution in [-0.4, -0.2) is 25.8 Å². The van der Waals surface area contributed by atoms with E-state index in [1.165, 1.54) is 4.68 Å². The largest absolute Gasteiger partial charge is 0.390 e. The van der Waals surface area contributed by atoms with E-state index in [9.17, 15) is 4.79 Å². The first kappa shape index (κ1) is 12.3. The van der Waals surface area contributed by atoms with Gasteiger partial charge in [0, 0.05) is 13.2 Å². The number of anilines is 1. The summed E-state index contributed by atoms with van der Waals surface area (Å²) in [5.74, 6) is -0.239. The molecule has 2 heterocycles. The summed E-state index contributed by atoms with van der Waals surface area (Å²) in [6, 6.07) is 5.04. The van der Waals surface area contributed by atoms with Gasteiger partial charge in [0.2, 0.25) is 0 Å². The standard InChI is InChI=1S/C12H14N4O2/c1-8-10(4-3-9(7-17)14-8)15-12(18)11-5-6-13-16(11)2/h3-6,17H,7H2,1-2H3,(H,15,18). The van der Waals surface area contributed by atoms with Gasteiger partial charge in [-0.25, -0.2) is 0 Å². The zero-order valence-corrected chi connectivity index (χ0v) is 10.2. The van der Waals surface area contributed by atoms with Crippen LogP contribution in [0.25, 0.3) is 0 Å². The Morgan fingerprint density at radius 1 is 1.44 bits per heavy atom. The fraction of sp³-hybridized carbons (Fsp3) is 0.250. The minimum atomic E-state index is -0.239. The number of nitrogens with zero attached hydrogens (tertiary/aromatic N) is 3. The molecule has 6 heteroatoms. The van der Waals surface area contributed by atoms with Crippen molar-refractivity contribution in [2.24, 2.45) is 7.05 Å². The SMILES string of the molecule is Cc1nc(CO)ccc1NC(=O)c1ccnn1C. The second-order valence-electron chi connectivity index (χ2n) is 3.89. The third kappa shape index (κ3) is 2.38. The van der Waals surface area contributed by atoms with Crippen molar-refractivity contribution in [3.8, 4) is 0 Å². The lowest BCUT2D eigenvalue weighted by Crippen LogP contribution is -2.17. The molecular weight excluding hydrogens is 232 g/mol. The number of rotatable bonds is 3. The van der Waals surface area contributed by atoms with Crippen molar-refractivity contribution in [2.45, 2.75) is 13.5 Å². The van der Waals surface area contributed by atoms with Crippen molar-refractivity contribution in [1.82, 2.24) is 14.8 Å². The molecule has 0 bridgehead atoms. The van der Waals surface area contributed by atoms with E-state index in [0.717, 1.165) is 0 Å². The van der Waals surface area contributed by atoms with Crippen LogP contribution in [0.4, 0.5) is 5.69 Å². The van der Waals surface area contributed by atoms with Crippen molar-refractivity contribution in [1.29, 1.82) is 0 Å². The smallest absolute Gasteiger partial charge is 0.273 e. The van der Waals surface area contributed by atoms with E-state index in [4.69, 9.17) is 5.11 Å². The van der Waals surface area contributed by atoms with E-state index in [1.807, 2.05) is 0 Å². The number of nitrogens with one attached hydrogen (secondary N) is 1. The number of amides is 1. The molecule has 94 valence electrons. The first-order valence-corrected chi connectivity index (χ1v) is 5.48. The Balaban J connectivity index is 2.20. The number of pyridine rings is 1. The zero-order valence-electron chi connectivity index (χ0n) is 10.2. The van der Waals surface area contributed by atoms with Crippen molar-refractivity contribution in [3.63, 3.8) is 0 Å². The number of hydrogen-bond donors (Lipinski definition) is 2. The highest BCUT2D eigenvalue weighted by molar-refractivity contribution is 6.03. The van der Waals surface area contributed by atoms with Gasteiger partial charge in [0.05, 0.1) is 23.7 Å². The highest BCUT2D eigenvalue weighted by atomic mass is 16.3. The fourth-order valence-corrected chi connectivity index (χ4v) is 1.62. The second kappa shape index (κ2) is 4.97. The molecule has 0 spiro atoms. The zero-order chi connectivity index (χ0) is 13.1. The van der Waals surface area contributed by atoms with Gasteiger partial charge < -0.3 is 10.4 Å². The normalized spacial score (nSPS) is 10.4. The average Bonchev–Trinajstić information content (AvgIpc) is 2.78. The van der Waals surface area contributed by atoms with Crippen molar-refractivity contribution < 1.29 is 9.90 Å². The number of hydrogen-bond acceptors (Lipinski definition) is 4. The molecule has 0 saturated carbocycles. The molecule has 6 nitrogen and oxygen atoms in total. The number of aryl methyl sites for hydroxylation is 2. The molecule has 0 fully saturated rings. The Morgan fingerprint density at radius 3 is 2.78 bits per heavy atom. The Kier molecular flexibility index (Phi) is 3.38. The first-order valence-electron chi connectivity index (χ1n) is 5.48. The van der Waals surface area contributed by atoms with Crippen LogP contribution in [0, 0.1) is 6.92 Å². The molecule has 0 aliphatic rings. The molecule has 0 atom stereocenters. The van der Waals surface area contributed by atoms with Gasteiger partial charge in [-0.05, 0) is 25.1 Å². The van der Waals surface area contributed by atoms with Crippen LogP contribution in [-0.2, 0) is 13.7 Å². The molecule has 2 aromatic heterocycles. The van der Waals surface area contributed by atoms with Crippen molar-refractivity contribution in [2.75, 3.05) is 5.32 Å². The third-order valence-corrected chi connectivity index (χ3v) is 2.61. The minimum Gasteiger partial charge on any atom is -0.390 e. The van der Waals surface area contributed by atoms with Crippen molar-refractivity contribution in [3.05, 3.63) is 41.5 Å². The van der Waals surface area contributed by atoms with Crippen molar-refractivity contribution >= 4 is 11.6 Å². The summed E-state index contributed by atoms with van der Waals surface area (Å²) >= 11 is 0. The second-order valence-corrected chi connectivity index (χ2v) is 3.89. The monoisotopic (exact) mass is 246 g/mol. The van der Waals surface area contributed by atoms with Gasteiger partial charge in [-0.1, -0.05) is 0 Å². The topological polar surface area (TPSA) is 80.0 Å². The van der Waals surface area contributed by atoms with Crippen LogP contribution in [0.15, 0.2) is 24.4 Å². The number of aliphatic hydroxyl groups excluding tert-OH is 1. The maximum absolute atomic E-state index is 12.0. The molecule has 0 aliphatic heterocycles. The van der Waals surface area contributed by atoms with E-state index < -0.39 is 0 Å². The van der Waals surface area contributed by atoms with Gasteiger partial charge in [0.15, 0.2) is 0 Å². The predicted molar refractivity (Wildman–Crippen MR) is 66.1 cm³/mol. The van der Waals surface area contributed by atoms with Gasteiger partial charge in [0.25, 0.3) is 5.91 Å². The molecule has 0 unspecified atom stereocenters. The van der Waals surface area contributed by atoms with E-state index >= 15 is 0 Å². The van der Waals surface area contributed by atoms with E-state index in [1.54, 1.807) is 38.4 Å². The number of aliphatic hydroxyl groups is 1. The quantitative estimate of drug-likeness (QED) is 0.842. The van der Waals surface area contributed by atoms with Crippen LogP contribution >= 0.6 is 0 Å². The Morgan fingerprint density at radius 2 is 2.22 bits per heavy atom. The summed E-state index contributed by atoms with van der Waals surface area (Å²) in [7, 11) is 1.70. The summed E-state index contributed by atoms with van der Waals surface area (Å²) in [6.07, 6.45) is 1.56. The van der Waals surface area contributed by atoms with Crippen LogP contribution in [0.3, 0.4) is 0 Å². The first-order chi connectivity index (χ1) is 8.61. The number of carbonyl (C=O) groups excluding carboxylic acids is 1. The summed E-state index contributed by atoms with van der Waals surface area (Å²) in [5, 5.41) is 15.7. The van der Waals surface area contributed by atoms with E-state index in [2.05, 4.69) is 15.4 Å². The number of carbonyl (C=O) groups is 1. The lowest BCUT2D eigenvalue weighted by atomic mass is 10.2. The molecule has 2 aromatic rings. The average molecular weight is 246 g/mol. The summed E-state index contributed by atoms with van der Waals surface area (Å²) in [5.41, 5.74) is 2.34. The lowest BCUT2D eigenvalue weighted by Gasteiger charge is -2.08. The molecule has 18 heavy (non-hydrogen) atoms. The van der Waals surface area contributed by atoms with Gasteiger partial charge in [0.1, 0.15) is 5.69 Å². The summed E-state index contributed by atoms with van der Waals surface area (Å²) < 4.78 is 1.50. The molecule has 0 aromatic carbocycles. The van der Waals surface area contributed by atoms with Crippen LogP contribution in [0.5, 0.6) is 0 Å². The molecule has 2 rings (SSSR count). The molecule has 0 aliphatic carbocycles. The maximum atomic E-state index is 12.0. The Hall–Kier alpha value is -2.21. The van der Waals surface area contributed by atoms with E-state index in [-0.39, 0.29) is 12.5 Å². The highest BCUT2D eigenvalue weighted by Gasteiger charge is 2.11. The van der Waals surface area contributed by atoms with Crippen LogP contribution < -0.4 is 5.32 Å². The van der Waals surface area contributed by atoms with Crippen LogP contribution in [0.2, 0.25) is 0 Å². The van der Waals surface area contributed by atoms with E-state index in [0.29, 0.717) is 22.8 Å². The Labute approximate surface area is 104 Å². The van der Waals surface area contributed by atoms with Gasteiger partial charge in [-0.3, -0.25) is 14.5 Å². The highest BCUT2D eigenvalue weighted by Crippen LogP contribution is 2.14. The number of aromatic nitrogens is 3. The summed E-state index contributed by atoms with van der Waals surface area (Å²) in [6.45, 7) is 1.66. The lowest BCUT2D eigenvalue weighted by molar-refractivity contribution is 0.101. The predicted octanol–water partition coefficient (Wildman–Crippen LogP) is 0.868. The fourth-order valence-electron chi connectivity index (χ4n) is 1.62. The molecule has 0 radical (unpaired) electrons. The Bertz CT molecular complexity index is 577.